The molecule has 2 N–H and O–H groups in total. The number of halogens is 4. The Kier molecular flexibility index (Phi) is 6.08. The molecular weight excluding hydrogens is 530 g/mol. The molecule has 3 aliphatic rings. The van der Waals surface area contributed by atoms with Gasteiger partial charge in [0.25, 0.3) is 5.91 Å². The summed E-state index contributed by atoms with van der Waals surface area (Å²) in [5, 5.41) is 5.34. The van der Waals surface area contributed by atoms with Gasteiger partial charge in [-0.15, -0.1) is 0 Å². The molecule has 12 heteroatoms. The van der Waals surface area contributed by atoms with E-state index in [0.29, 0.717) is 28.4 Å². The van der Waals surface area contributed by atoms with Crippen LogP contribution in [0.15, 0.2) is 54.9 Å². The van der Waals surface area contributed by atoms with Gasteiger partial charge in [-0.05, 0) is 42.2 Å². The van der Waals surface area contributed by atoms with E-state index in [4.69, 9.17) is 0 Å². The number of rotatable bonds is 4. The predicted octanol–water partition coefficient (Wildman–Crippen LogP) is 3.28. The molecule has 1 unspecified atom stereocenters. The van der Waals surface area contributed by atoms with E-state index in [0.717, 1.165) is 5.56 Å². The van der Waals surface area contributed by atoms with Crippen LogP contribution in [0.4, 0.5) is 23.4 Å². The molecule has 3 aromatic rings. The summed E-state index contributed by atoms with van der Waals surface area (Å²) in [4.78, 5) is 48.4. The normalized spacial score (nSPS) is 23.6. The van der Waals surface area contributed by atoms with Crippen molar-refractivity contribution in [2.75, 3.05) is 18.4 Å². The average molecular weight is 554 g/mol. The number of pyridine rings is 2. The van der Waals surface area contributed by atoms with E-state index in [2.05, 4.69) is 20.6 Å². The Morgan fingerprint density at radius 3 is 2.70 bits per heavy atom. The molecule has 1 saturated heterocycles. The Morgan fingerprint density at radius 1 is 1.12 bits per heavy atom. The molecule has 1 fully saturated rings. The van der Waals surface area contributed by atoms with Crippen LogP contribution < -0.4 is 10.6 Å². The van der Waals surface area contributed by atoms with Crippen molar-refractivity contribution >= 4 is 23.5 Å². The summed E-state index contributed by atoms with van der Waals surface area (Å²) in [5.41, 5.74) is 1.46. The molecule has 4 heterocycles. The van der Waals surface area contributed by atoms with Crippen LogP contribution in [0.1, 0.15) is 45.1 Å². The fourth-order valence-corrected chi connectivity index (χ4v) is 6.03. The third-order valence-electron chi connectivity index (χ3n) is 7.86. The maximum absolute atomic E-state index is 14.5. The van der Waals surface area contributed by atoms with Crippen molar-refractivity contribution in [3.63, 3.8) is 0 Å². The number of hydrogen-bond donors (Lipinski definition) is 2. The second kappa shape index (κ2) is 9.39. The van der Waals surface area contributed by atoms with Gasteiger partial charge >= 0.3 is 6.18 Å². The number of nitrogens with one attached hydrogen (secondary N) is 2. The van der Waals surface area contributed by atoms with E-state index in [1.807, 2.05) is 6.07 Å². The van der Waals surface area contributed by atoms with Crippen molar-refractivity contribution in [3.8, 4) is 0 Å². The minimum atomic E-state index is -4.66. The number of benzene rings is 1. The lowest BCUT2D eigenvalue weighted by Gasteiger charge is -2.38. The van der Waals surface area contributed by atoms with Crippen LogP contribution in [-0.4, -0.2) is 57.9 Å². The van der Waals surface area contributed by atoms with Crippen LogP contribution in [0.25, 0.3) is 0 Å². The van der Waals surface area contributed by atoms with Crippen molar-refractivity contribution in [1.82, 2.24) is 20.2 Å². The van der Waals surface area contributed by atoms with E-state index in [1.165, 1.54) is 24.4 Å². The second-order valence-corrected chi connectivity index (χ2v) is 10.4. The van der Waals surface area contributed by atoms with E-state index < -0.39 is 47.7 Å². The van der Waals surface area contributed by atoms with Crippen LogP contribution in [0.3, 0.4) is 0 Å². The molecule has 1 spiro atoms. The number of amides is 3. The summed E-state index contributed by atoms with van der Waals surface area (Å²) in [6.45, 7) is -1.84. The number of piperidine rings is 1. The van der Waals surface area contributed by atoms with E-state index >= 15 is 0 Å². The van der Waals surface area contributed by atoms with E-state index in [-0.39, 0.29) is 36.4 Å². The lowest BCUT2D eigenvalue weighted by Crippen LogP contribution is -2.56. The van der Waals surface area contributed by atoms with Gasteiger partial charge < -0.3 is 15.5 Å². The van der Waals surface area contributed by atoms with Crippen LogP contribution in [0, 0.1) is 5.82 Å². The largest absolute Gasteiger partial charge is 0.406 e. The maximum atomic E-state index is 14.5. The zero-order valence-electron chi connectivity index (χ0n) is 21.0. The van der Waals surface area contributed by atoms with Crippen molar-refractivity contribution < 1.29 is 31.9 Å². The molecule has 206 valence electrons. The molecule has 0 saturated carbocycles. The summed E-state index contributed by atoms with van der Waals surface area (Å²) < 4.78 is 54.3. The minimum absolute atomic E-state index is 0.0642. The summed E-state index contributed by atoms with van der Waals surface area (Å²) in [6, 6.07) is 9.56. The molecule has 0 radical (unpaired) electrons. The first kappa shape index (κ1) is 25.9. The summed E-state index contributed by atoms with van der Waals surface area (Å²) in [5.74, 6) is -2.65. The molecule has 6 rings (SSSR count). The number of aromatic nitrogens is 2. The fourth-order valence-electron chi connectivity index (χ4n) is 6.03. The van der Waals surface area contributed by atoms with Gasteiger partial charge in [0.05, 0.1) is 11.0 Å². The monoisotopic (exact) mass is 553 g/mol. The fraction of sp³-hybridized carbons (Fsp3) is 0.321. The third-order valence-corrected chi connectivity index (χ3v) is 7.86. The molecule has 2 aliphatic heterocycles. The van der Waals surface area contributed by atoms with Gasteiger partial charge in [-0.25, -0.2) is 9.37 Å². The number of hydrogen-bond acceptors (Lipinski definition) is 5. The average Bonchev–Trinajstić information content (AvgIpc) is 3.42. The van der Waals surface area contributed by atoms with Gasteiger partial charge in [0, 0.05) is 42.5 Å². The molecule has 8 nitrogen and oxygen atoms in total. The number of nitrogens with zero attached hydrogens (tertiary/aromatic N) is 3. The van der Waals surface area contributed by atoms with Crippen LogP contribution in [-0.2, 0) is 27.8 Å². The number of carbonyl (C=O) groups is 3. The first-order chi connectivity index (χ1) is 19.0. The summed E-state index contributed by atoms with van der Waals surface area (Å²) >= 11 is 0. The highest BCUT2D eigenvalue weighted by Crippen LogP contribution is 2.46. The lowest BCUT2D eigenvalue weighted by molar-refractivity contribution is -0.165. The Bertz CT molecular complexity index is 1540. The SMILES string of the molecule is O=C(N[C@H]1C[C@@H](c2ccccc2F)CN(CC(F)(F)F)C1=O)c1cnc2c(c1)CC1(C2)C(=O)Nc2ncccc21. The molecule has 1 aliphatic carbocycles. The standard InChI is InChI=1S/C28H23F4N5O3/c29-20-6-2-1-4-18(20)17-9-21(25(39)37(13-17)14-28(30,31)32)35-24(38)16-8-15-10-27(11-22(15)34-12-16)19-5-3-7-33-23(19)36-26(27)40/h1-8,12,17,21H,9-11,13-14H2,(H,35,38)(H,33,36,40)/t17-,21+,27?/m1/s1. The molecule has 0 bridgehead atoms. The maximum Gasteiger partial charge on any atom is 0.406 e. The van der Waals surface area contributed by atoms with E-state index in [1.54, 1.807) is 24.4 Å². The molecular formula is C28H23F4N5O3. The molecule has 3 atom stereocenters. The van der Waals surface area contributed by atoms with Crippen molar-refractivity contribution in [2.24, 2.45) is 0 Å². The van der Waals surface area contributed by atoms with Gasteiger partial charge in [0.15, 0.2) is 0 Å². The number of likely N-dealkylation sites (tertiary alicyclic amines) is 1. The van der Waals surface area contributed by atoms with Crippen molar-refractivity contribution in [3.05, 3.63) is 88.6 Å². The van der Waals surface area contributed by atoms with Gasteiger partial charge in [-0.3, -0.25) is 19.4 Å². The second-order valence-electron chi connectivity index (χ2n) is 10.4. The lowest BCUT2D eigenvalue weighted by atomic mass is 9.80. The Hall–Kier alpha value is -4.35. The van der Waals surface area contributed by atoms with Crippen LogP contribution in [0.5, 0.6) is 0 Å². The predicted molar refractivity (Wildman–Crippen MR) is 134 cm³/mol. The van der Waals surface area contributed by atoms with Crippen LogP contribution >= 0.6 is 0 Å². The zero-order chi connectivity index (χ0) is 28.2. The van der Waals surface area contributed by atoms with Gasteiger partial charge in [-0.2, -0.15) is 13.2 Å². The summed E-state index contributed by atoms with van der Waals surface area (Å²) in [6.07, 6.45) is -1.21. The first-order valence-corrected chi connectivity index (χ1v) is 12.7. The highest BCUT2D eigenvalue weighted by Gasteiger charge is 2.52. The molecule has 1 aromatic carbocycles. The molecule has 2 aromatic heterocycles. The highest BCUT2D eigenvalue weighted by molar-refractivity contribution is 6.06. The van der Waals surface area contributed by atoms with Gasteiger partial charge in [0.2, 0.25) is 11.8 Å². The van der Waals surface area contributed by atoms with Gasteiger partial charge in [0.1, 0.15) is 24.2 Å². The minimum Gasteiger partial charge on any atom is -0.340 e. The highest BCUT2D eigenvalue weighted by atomic mass is 19.4. The third kappa shape index (κ3) is 4.46. The Labute approximate surface area is 225 Å². The molecule has 3 amide bonds. The number of carbonyl (C=O) groups excluding carboxylic acids is 3. The van der Waals surface area contributed by atoms with Gasteiger partial charge in [-0.1, -0.05) is 24.3 Å². The number of fused-ring (bicyclic) bond motifs is 3. The van der Waals surface area contributed by atoms with E-state index in [9.17, 15) is 31.9 Å². The smallest absolute Gasteiger partial charge is 0.340 e. The topological polar surface area (TPSA) is 104 Å². The Balaban J connectivity index is 1.24. The van der Waals surface area contributed by atoms with Crippen molar-refractivity contribution in [1.29, 1.82) is 0 Å². The first-order valence-electron chi connectivity index (χ1n) is 12.7. The summed E-state index contributed by atoms with van der Waals surface area (Å²) in [7, 11) is 0. The van der Waals surface area contributed by atoms with Crippen molar-refractivity contribution in [2.45, 2.75) is 42.8 Å². The quantitative estimate of drug-likeness (QED) is 0.483. The molecule has 40 heavy (non-hydrogen) atoms. The zero-order valence-corrected chi connectivity index (χ0v) is 21.0. The van der Waals surface area contributed by atoms with Crippen LogP contribution in [0.2, 0.25) is 0 Å². The number of alkyl halides is 3. The number of anilines is 1. The Morgan fingerprint density at radius 2 is 1.93 bits per heavy atom.